The zero-order chi connectivity index (χ0) is 16.3. The second kappa shape index (κ2) is 6.54. The van der Waals surface area contributed by atoms with Gasteiger partial charge in [0.05, 0.1) is 16.4 Å². The molecule has 0 fully saturated rings. The first-order valence-electron chi connectivity index (χ1n) is 6.78. The maximum atomic E-state index is 12.2. The molecule has 0 aliphatic rings. The molecule has 2 heterocycles. The molecule has 0 spiro atoms. The Hall–Kier alpha value is -1.79. The number of nitrogens with one attached hydrogen (secondary N) is 3. The Morgan fingerprint density at radius 1 is 1.27 bits per heavy atom. The summed E-state index contributed by atoms with van der Waals surface area (Å²) in [6.45, 7) is 5.60. The van der Waals surface area contributed by atoms with E-state index in [-0.39, 0.29) is 23.9 Å². The summed E-state index contributed by atoms with van der Waals surface area (Å²) in [6, 6.07) is 3.65. The van der Waals surface area contributed by atoms with Crippen molar-refractivity contribution < 1.29 is 9.59 Å². The van der Waals surface area contributed by atoms with Crippen molar-refractivity contribution in [1.29, 1.82) is 0 Å². The molecule has 118 valence electrons. The Balaban J connectivity index is 2.02. The number of thiophene rings is 1. The lowest BCUT2D eigenvalue weighted by Crippen LogP contribution is -2.45. The SMILES string of the molecule is CC(C)(C)NC(=O)CNC(=O)c1c[nH]cc1-c1ccc(Cl)s1. The molecule has 0 aromatic carbocycles. The van der Waals surface area contributed by atoms with E-state index in [1.807, 2.05) is 26.8 Å². The third-order valence-corrected chi connectivity index (χ3v) is 4.02. The molecule has 2 amide bonds. The van der Waals surface area contributed by atoms with Crippen LogP contribution in [0.5, 0.6) is 0 Å². The van der Waals surface area contributed by atoms with Gasteiger partial charge in [0.25, 0.3) is 5.91 Å². The van der Waals surface area contributed by atoms with Gasteiger partial charge in [-0.1, -0.05) is 11.6 Å². The van der Waals surface area contributed by atoms with E-state index < -0.39 is 0 Å². The molecular formula is C15H18ClN3O2S. The number of aromatic amines is 1. The van der Waals surface area contributed by atoms with Gasteiger partial charge in [0.2, 0.25) is 5.91 Å². The van der Waals surface area contributed by atoms with Gasteiger partial charge in [-0.2, -0.15) is 0 Å². The van der Waals surface area contributed by atoms with E-state index in [0.29, 0.717) is 9.90 Å². The molecule has 7 heteroatoms. The van der Waals surface area contributed by atoms with Crippen LogP contribution < -0.4 is 10.6 Å². The standard InChI is InChI=1S/C15H18ClN3O2S/c1-15(2,3)19-13(20)8-18-14(21)10-7-17-6-9(10)11-4-5-12(16)22-11/h4-7,17H,8H2,1-3H3,(H,18,21)(H,19,20). The predicted molar refractivity (Wildman–Crippen MR) is 89.3 cm³/mol. The van der Waals surface area contributed by atoms with Gasteiger partial charge in [-0.05, 0) is 32.9 Å². The van der Waals surface area contributed by atoms with Crippen LogP contribution >= 0.6 is 22.9 Å². The Morgan fingerprint density at radius 3 is 2.59 bits per heavy atom. The fourth-order valence-corrected chi connectivity index (χ4v) is 3.01. The number of H-pyrrole nitrogens is 1. The van der Waals surface area contributed by atoms with Crippen LogP contribution in [0.4, 0.5) is 0 Å². The summed E-state index contributed by atoms with van der Waals surface area (Å²) in [6.07, 6.45) is 3.35. The highest BCUT2D eigenvalue weighted by Gasteiger charge is 2.18. The average molecular weight is 340 g/mol. The molecule has 0 saturated heterocycles. The van der Waals surface area contributed by atoms with E-state index in [9.17, 15) is 9.59 Å². The first-order valence-corrected chi connectivity index (χ1v) is 7.97. The Labute approximate surface area is 138 Å². The van der Waals surface area contributed by atoms with Crippen molar-refractivity contribution in [3.8, 4) is 10.4 Å². The number of carbonyl (C=O) groups excluding carboxylic acids is 2. The molecule has 0 aliphatic carbocycles. The van der Waals surface area contributed by atoms with E-state index in [1.54, 1.807) is 18.5 Å². The van der Waals surface area contributed by atoms with Crippen molar-refractivity contribution in [2.45, 2.75) is 26.3 Å². The highest BCUT2D eigenvalue weighted by atomic mass is 35.5. The quantitative estimate of drug-likeness (QED) is 0.801. The molecule has 0 unspecified atom stereocenters. The lowest BCUT2D eigenvalue weighted by molar-refractivity contribution is -0.121. The highest BCUT2D eigenvalue weighted by molar-refractivity contribution is 7.19. The maximum absolute atomic E-state index is 12.2. The third kappa shape index (κ3) is 4.35. The fraction of sp³-hybridized carbons (Fsp3) is 0.333. The molecule has 0 radical (unpaired) electrons. The number of hydrogen-bond acceptors (Lipinski definition) is 3. The number of rotatable bonds is 4. The maximum Gasteiger partial charge on any atom is 0.253 e. The van der Waals surface area contributed by atoms with E-state index in [4.69, 9.17) is 11.6 Å². The molecule has 0 saturated carbocycles. The zero-order valence-electron chi connectivity index (χ0n) is 12.6. The minimum Gasteiger partial charge on any atom is -0.366 e. The van der Waals surface area contributed by atoms with Crippen molar-refractivity contribution in [3.63, 3.8) is 0 Å². The Morgan fingerprint density at radius 2 is 2.00 bits per heavy atom. The van der Waals surface area contributed by atoms with Crippen LogP contribution in [0.15, 0.2) is 24.5 Å². The van der Waals surface area contributed by atoms with Crippen LogP contribution in [0.2, 0.25) is 4.34 Å². The van der Waals surface area contributed by atoms with Crippen LogP contribution in [0.25, 0.3) is 10.4 Å². The molecule has 22 heavy (non-hydrogen) atoms. The van der Waals surface area contributed by atoms with E-state index in [1.165, 1.54) is 11.3 Å². The average Bonchev–Trinajstić information content (AvgIpc) is 3.01. The van der Waals surface area contributed by atoms with E-state index in [2.05, 4.69) is 15.6 Å². The molecule has 0 aliphatic heterocycles. The highest BCUT2D eigenvalue weighted by Crippen LogP contribution is 2.32. The van der Waals surface area contributed by atoms with E-state index in [0.717, 1.165) is 10.4 Å². The lowest BCUT2D eigenvalue weighted by atomic mass is 10.1. The number of amides is 2. The molecular weight excluding hydrogens is 322 g/mol. The zero-order valence-corrected chi connectivity index (χ0v) is 14.2. The second-order valence-corrected chi connectivity index (χ2v) is 7.58. The predicted octanol–water partition coefficient (Wildman–Crippen LogP) is 3.04. The monoisotopic (exact) mass is 339 g/mol. The number of carbonyl (C=O) groups is 2. The van der Waals surface area contributed by atoms with Gasteiger partial charge in [-0.15, -0.1) is 11.3 Å². The third-order valence-electron chi connectivity index (χ3n) is 2.75. The van der Waals surface area contributed by atoms with Gasteiger partial charge in [0, 0.05) is 28.4 Å². The molecule has 2 rings (SSSR count). The minimum absolute atomic E-state index is 0.0636. The number of aromatic nitrogens is 1. The van der Waals surface area contributed by atoms with E-state index >= 15 is 0 Å². The molecule has 5 nitrogen and oxygen atoms in total. The lowest BCUT2D eigenvalue weighted by Gasteiger charge is -2.20. The summed E-state index contributed by atoms with van der Waals surface area (Å²) in [7, 11) is 0. The van der Waals surface area contributed by atoms with Gasteiger partial charge < -0.3 is 15.6 Å². The normalized spacial score (nSPS) is 11.3. The fourth-order valence-electron chi connectivity index (χ4n) is 1.93. The summed E-state index contributed by atoms with van der Waals surface area (Å²) < 4.78 is 0.659. The van der Waals surface area contributed by atoms with Crippen LogP contribution in [0, 0.1) is 0 Å². The van der Waals surface area contributed by atoms with Crippen molar-refractivity contribution in [2.24, 2.45) is 0 Å². The van der Waals surface area contributed by atoms with Crippen molar-refractivity contribution in [3.05, 3.63) is 34.4 Å². The van der Waals surface area contributed by atoms with Crippen molar-refractivity contribution >= 4 is 34.8 Å². The first kappa shape index (κ1) is 16.6. The molecule has 0 atom stereocenters. The van der Waals surface area contributed by atoms with Gasteiger partial charge in [-0.3, -0.25) is 9.59 Å². The minimum atomic E-state index is -0.325. The summed E-state index contributed by atoms with van der Waals surface area (Å²) in [5, 5.41) is 5.42. The van der Waals surface area contributed by atoms with Crippen LogP contribution in [-0.2, 0) is 4.79 Å². The van der Waals surface area contributed by atoms with Gasteiger partial charge in [0.1, 0.15) is 0 Å². The summed E-state index contributed by atoms with van der Waals surface area (Å²) >= 11 is 7.32. The van der Waals surface area contributed by atoms with Crippen molar-refractivity contribution in [1.82, 2.24) is 15.6 Å². The second-order valence-electron chi connectivity index (χ2n) is 5.87. The molecule has 2 aromatic rings. The molecule has 0 bridgehead atoms. The topological polar surface area (TPSA) is 74.0 Å². The van der Waals surface area contributed by atoms with Crippen LogP contribution in [0.1, 0.15) is 31.1 Å². The largest absolute Gasteiger partial charge is 0.366 e. The van der Waals surface area contributed by atoms with Gasteiger partial charge >= 0.3 is 0 Å². The Kier molecular flexibility index (Phi) is 4.93. The van der Waals surface area contributed by atoms with Crippen LogP contribution in [-0.4, -0.2) is 28.9 Å². The van der Waals surface area contributed by atoms with Crippen LogP contribution in [0.3, 0.4) is 0 Å². The first-order chi connectivity index (χ1) is 10.3. The summed E-state index contributed by atoms with van der Waals surface area (Å²) in [4.78, 5) is 27.8. The number of halogens is 1. The Bertz CT molecular complexity index is 685. The van der Waals surface area contributed by atoms with Gasteiger partial charge in [-0.25, -0.2) is 0 Å². The smallest absolute Gasteiger partial charge is 0.253 e. The van der Waals surface area contributed by atoms with Crippen molar-refractivity contribution in [2.75, 3.05) is 6.54 Å². The summed E-state index contributed by atoms with van der Waals surface area (Å²) in [5.74, 6) is -0.526. The number of hydrogen-bond donors (Lipinski definition) is 3. The molecule has 3 N–H and O–H groups in total. The molecule has 2 aromatic heterocycles. The summed E-state index contributed by atoms with van der Waals surface area (Å²) in [5.41, 5.74) is 0.933. The van der Waals surface area contributed by atoms with Gasteiger partial charge in [0.15, 0.2) is 0 Å².